The zero-order valence-electron chi connectivity index (χ0n) is 16.3. The number of benzene rings is 1. The topological polar surface area (TPSA) is 70.2 Å². The van der Waals surface area contributed by atoms with Crippen molar-refractivity contribution in [1.82, 2.24) is 16.0 Å². The molecular formula is C21H32ClN3O2. The van der Waals surface area contributed by atoms with Crippen LogP contribution in [0.15, 0.2) is 24.3 Å². The monoisotopic (exact) mass is 393 g/mol. The summed E-state index contributed by atoms with van der Waals surface area (Å²) < 4.78 is 0. The molecule has 1 saturated carbocycles. The Labute approximate surface area is 168 Å². The van der Waals surface area contributed by atoms with Crippen LogP contribution in [-0.4, -0.2) is 29.9 Å². The number of carbonyl (C=O) groups excluding carboxylic acids is 2. The van der Waals surface area contributed by atoms with Crippen LogP contribution in [0.1, 0.15) is 57.1 Å². The molecule has 27 heavy (non-hydrogen) atoms. The van der Waals surface area contributed by atoms with Gasteiger partial charge in [-0.2, -0.15) is 0 Å². The van der Waals surface area contributed by atoms with Gasteiger partial charge in [0.15, 0.2) is 0 Å². The summed E-state index contributed by atoms with van der Waals surface area (Å²) in [5, 5.41) is 9.45. The van der Waals surface area contributed by atoms with Crippen molar-refractivity contribution in [2.45, 2.75) is 77.0 Å². The summed E-state index contributed by atoms with van der Waals surface area (Å²) in [6.45, 7) is 4.85. The van der Waals surface area contributed by atoms with Gasteiger partial charge in [0.1, 0.15) is 6.04 Å². The third kappa shape index (κ3) is 5.94. The Bertz CT molecular complexity index is 644. The summed E-state index contributed by atoms with van der Waals surface area (Å²) in [4.78, 5) is 25.5. The highest BCUT2D eigenvalue weighted by atomic mass is 35.5. The van der Waals surface area contributed by atoms with Crippen molar-refractivity contribution in [3.63, 3.8) is 0 Å². The minimum absolute atomic E-state index is 0. The maximum Gasteiger partial charge on any atom is 0.242 e. The van der Waals surface area contributed by atoms with E-state index < -0.39 is 6.04 Å². The second-order valence-corrected chi connectivity index (χ2v) is 8.09. The lowest BCUT2D eigenvalue weighted by Gasteiger charge is -2.28. The zero-order chi connectivity index (χ0) is 18.5. The standard InChI is InChI=1S/C21H31N3O2.ClH/c1-14(2)11-19(21(26)23-17-9-5-6-10-17)24-20(25)18-12-15-7-3-4-8-16(15)13-22-18;/h3-4,7-8,14,17-19,22H,5-6,9-13H2,1-2H3,(H,23,26)(H,24,25);1H/t18-,19-;/m0./s1. The van der Waals surface area contributed by atoms with Crippen LogP contribution in [-0.2, 0) is 22.6 Å². The Morgan fingerprint density at radius 2 is 1.81 bits per heavy atom. The van der Waals surface area contributed by atoms with Crippen molar-refractivity contribution in [2.24, 2.45) is 5.92 Å². The molecule has 0 bridgehead atoms. The van der Waals surface area contributed by atoms with Crippen LogP contribution in [0.2, 0.25) is 0 Å². The summed E-state index contributed by atoms with van der Waals surface area (Å²) >= 11 is 0. The molecule has 3 rings (SSSR count). The number of hydrogen-bond donors (Lipinski definition) is 3. The molecule has 1 aliphatic heterocycles. The van der Waals surface area contributed by atoms with Gasteiger partial charge in [-0.25, -0.2) is 0 Å². The van der Waals surface area contributed by atoms with Crippen molar-refractivity contribution in [1.29, 1.82) is 0 Å². The van der Waals surface area contributed by atoms with Gasteiger partial charge in [0, 0.05) is 12.6 Å². The number of halogens is 1. The van der Waals surface area contributed by atoms with Gasteiger partial charge in [-0.15, -0.1) is 12.4 Å². The van der Waals surface area contributed by atoms with Gasteiger partial charge in [-0.3, -0.25) is 9.59 Å². The van der Waals surface area contributed by atoms with E-state index in [2.05, 4.69) is 41.9 Å². The molecule has 150 valence electrons. The Hall–Kier alpha value is -1.59. The summed E-state index contributed by atoms with van der Waals surface area (Å²) in [6.07, 6.45) is 5.79. The largest absolute Gasteiger partial charge is 0.352 e. The lowest BCUT2D eigenvalue weighted by molar-refractivity contribution is -0.130. The lowest BCUT2D eigenvalue weighted by atomic mass is 9.95. The van der Waals surface area contributed by atoms with Crippen LogP contribution in [0.5, 0.6) is 0 Å². The Morgan fingerprint density at radius 1 is 1.15 bits per heavy atom. The number of hydrogen-bond acceptors (Lipinski definition) is 3. The number of amides is 2. The molecule has 0 unspecified atom stereocenters. The van der Waals surface area contributed by atoms with Crippen LogP contribution in [0.25, 0.3) is 0 Å². The highest BCUT2D eigenvalue weighted by molar-refractivity contribution is 5.90. The number of fused-ring (bicyclic) bond motifs is 1. The molecule has 0 radical (unpaired) electrons. The van der Waals surface area contributed by atoms with Crippen molar-refractivity contribution >= 4 is 24.2 Å². The number of rotatable bonds is 6. The predicted molar refractivity (Wildman–Crippen MR) is 110 cm³/mol. The molecule has 0 spiro atoms. The highest BCUT2D eigenvalue weighted by Gasteiger charge is 2.29. The second-order valence-electron chi connectivity index (χ2n) is 8.09. The van der Waals surface area contributed by atoms with Gasteiger partial charge in [0.25, 0.3) is 0 Å². The molecule has 2 aliphatic rings. The smallest absolute Gasteiger partial charge is 0.242 e. The molecule has 2 atom stereocenters. The minimum Gasteiger partial charge on any atom is -0.352 e. The van der Waals surface area contributed by atoms with Crippen LogP contribution in [0.4, 0.5) is 0 Å². The highest BCUT2D eigenvalue weighted by Crippen LogP contribution is 2.19. The van der Waals surface area contributed by atoms with Crippen molar-refractivity contribution < 1.29 is 9.59 Å². The summed E-state index contributed by atoms with van der Waals surface area (Å²) in [5.74, 6) is 0.233. The third-order valence-electron chi connectivity index (χ3n) is 5.44. The molecule has 1 aromatic rings. The van der Waals surface area contributed by atoms with Gasteiger partial charge in [-0.1, -0.05) is 51.0 Å². The molecular weight excluding hydrogens is 362 g/mol. The van der Waals surface area contributed by atoms with E-state index in [0.29, 0.717) is 25.3 Å². The SMILES string of the molecule is CC(C)C[C@H](NC(=O)[C@@H]1Cc2ccccc2CN1)C(=O)NC1CCCC1.Cl. The van der Waals surface area contributed by atoms with Gasteiger partial charge in [0.05, 0.1) is 6.04 Å². The normalized spacial score (nSPS) is 20.5. The van der Waals surface area contributed by atoms with Crippen LogP contribution in [0, 0.1) is 5.92 Å². The zero-order valence-corrected chi connectivity index (χ0v) is 17.1. The predicted octanol–water partition coefficient (Wildman–Crippen LogP) is 2.71. The van der Waals surface area contributed by atoms with Crippen LogP contribution >= 0.6 is 12.4 Å². The summed E-state index contributed by atoms with van der Waals surface area (Å²) in [5.41, 5.74) is 2.46. The van der Waals surface area contributed by atoms with E-state index >= 15 is 0 Å². The van der Waals surface area contributed by atoms with Crippen molar-refractivity contribution in [2.75, 3.05) is 0 Å². The number of carbonyl (C=O) groups is 2. The molecule has 3 N–H and O–H groups in total. The third-order valence-corrected chi connectivity index (χ3v) is 5.44. The molecule has 1 aromatic carbocycles. The number of nitrogens with one attached hydrogen (secondary N) is 3. The van der Waals surface area contributed by atoms with E-state index in [9.17, 15) is 9.59 Å². The van der Waals surface area contributed by atoms with Gasteiger partial charge >= 0.3 is 0 Å². The van der Waals surface area contributed by atoms with E-state index in [1.165, 1.54) is 24.0 Å². The van der Waals surface area contributed by atoms with Crippen LogP contribution < -0.4 is 16.0 Å². The first kappa shape index (κ1) is 21.7. The van der Waals surface area contributed by atoms with Crippen LogP contribution in [0.3, 0.4) is 0 Å². The average Bonchev–Trinajstić information content (AvgIpc) is 3.13. The lowest BCUT2D eigenvalue weighted by Crippen LogP contribution is -2.55. The quantitative estimate of drug-likeness (QED) is 0.695. The molecule has 0 saturated heterocycles. The molecule has 5 nitrogen and oxygen atoms in total. The van der Waals surface area contributed by atoms with E-state index in [4.69, 9.17) is 0 Å². The molecule has 0 aromatic heterocycles. The molecule has 1 heterocycles. The van der Waals surface area contributed by atoms with E-state index in [-0.39, 0.29) is 36.3 Å². The first-order valence-electron chi connectivity index (χ1n) is 9.94. The fourth-order valence-electron chi connectivity index (χ4n) is 3.99. The summed E-state index contributed by atoms with van der Waals surface area (Å²) in [6, 6.07) is 7.74. The first-order valence-corrected chi connectivity index (χ1v) is 9.94. The van der Waals surface area contributed by atoms with Gasteiger partial charge in [0.2, 0.25) is 11.8 Å². The maximum atomic E-state index is 12.8. The molecule has 1 aliphatic carbocycles. The maximum absolute atomic E-state index is 12.8. The Morgan fingerprint density at radius 3 is 2.48 bits per heavy atom. The van der Waals surface area contributed by atoms with Crippen molar-refractivity contribution in [3.05, 3.63) is 35.4 Å². The van der Waals surface area contributed by atoms with Gasteiger partial charge < -0.3 is 16.0 Å². The molecule has 1 fully saturated rings. The average molecular weight is 394 g/mol. The fraction of sp³-hybridized carbons (Fsp3) is 0.619. The summed E-state index contributed by atoms with van der Waals surface area (Å²) in [7, 11) is 0. The van der Waals surface area contributed by atoms with Crippen molar-refractivity contribution in [3.8, 4) is 0 Å². The first-order chi connectivity index (χ1) is 12.5. The minimum atomic E-state index is -0.456. The molecule has 6 heteroatoms. The Balaban J connectivity index is 0.00000261. The van der Waals surface area contributed by atoms with E-state index in [1.54, 1.807) is 0 Å². The Kier molecular flexibility index (Phi) is 8.11. The fourth-order valence-corrected chi connectivity index (χ4v) is 3.99. The van der Waals surface area contributed by atoms with E-state index in [0.717, 1.165) is 12.8 Å². The molecule has 2 amide bonds. The van der Waals surface area contributed by atoms with E-state index in [1.807, 2.05) is 12.1 Å². The van der Waals surface area contributed by atoms with Gasteiger partial charge in [-0.05, 0) is 42.7 Å². The second kappa shape index (κ2) is 10.1.